The molecule has 0 aliphatic rings. The molecular formula is C4HClF6O. The van der Waals surface area contributed by atoms with Gasteiger partial charge in [-0.05, 0) is 0 Å². The van der Waals surface area contributed by atoms with Crippen LogP contribution in [-0.4, -0.2) is 12.5 Å². The number of rotatable bonds is 2. The van der Waals surface area contributed by atoms with Gasteiger partial charge in [0.15, 0.2) is 0 Å². The molecule has 0 N–H and O–H groups in total. The number of hydrogen-bond acceptors (Lipinski definition) is 1. The Balaban J connectivity index is 4.44. The first kappa shape index (κ1) is 11.6. The molecule has 0 bridgehead atoms. The largest absolute Gasteiger partial charge is 0.527 e. The van der Waals surface area contributed by atoms with Gasteiger partial charge in [0.2, 0.25) is 5.83 Å². The lowest BCUT2D eigenvalue weighted by atomic mass is 10.5. The van der Waals surface area contributed by atoms with Crippen LogP contribution in [0.1, 0.15) is 0 Å². The zero-order valence-corrected chi connectivity index (χ0v) is 5.89. The van der Waals surface area contributed by atoms with Crippen LogP contribution >= 0.6 is 11.6 Å². The van der Waals surface area contributed by atoms with E-state index in [0.29, 0.717) is 0 Å². The van der Waals surface area contributed by atoms with Gasteiger partial charge in [0.1, 0.15) is 0 Å². The average molecular weight is 214 g/mol. The van der Waals surface area contributed by atoms with Crippen molar-refractivity contribution in [3.05, 3.63) is 11.4 Å². The molecule has 1 nitrogen and oxygen atoms in total. The number of halogens is 7. The van der Waals surface area contributed by atoms with Crippen LogP contribution in [0.25, 0.3) is 0 Å². The van der Waals surface area contributed by atoms with Gasteiger partial charge in [-0.1, -0.05) is 11.6 Å². The van der Waals surface area contributed by atoms with Gasteiger partial charge < -0.3 is 0 Å². The van der Waals surface area contributed by atoms with Crippen LogP contribution in [0.2, 0.25) is 0 Å². The van der Waals surface area contributed by atoms with Crippen LogP contribution in [0, 0.1) is 0 Å². The molecule has 0 aliphatic carbocycles. The summed E-state index contributed by atoms with van der Waals surface area (Å²) in [5, 5.41) is 0. The predicted octanol–water partition coefficient (Wildman–Crippen LogP) is 3.17. The zero-order chi connectivity index (χ0) is 9.99. The lowest BCUT2D eigenvalue weighted by Crippen LogP contribution is -2.30. The first-order chi connectivity index (χ1) is 5.19. The van der Waals surface area contributed by atoms with Crippen LogP contribution in [0.5, 0.6) is 0 Å². The van der Waals surface area contributed by atoms with Crippen molar-refractivity contribution in [2.24, 2.45) is 0 Å². The molecule has 0 aromatic heterocycles. The van der Waals surface area contributed by atoms with Crippen LogP contribution in [0.3, 0.4) is 0 Å². The molecule has 0 saturated carbocycles. The highest BCUT2D eigenvalue weighted by Crippen LogP contribution is 2.34. The molecule has 0 aromatic carbocycles. The van der Waals surface area contributed by atoms with Gasteiger partial charge >= 0.3 is 12.5 Å². The highest BCUT2D eigenvalue weighted by molar-refractivity contribution is 6.25. The standard InChI is InChI=1S/C4HClF6O/c5-1-2(6)3(7,8)12-4(9,10)11/h1H. The summed E-state index contributed by atoms with van der Waals surface area (Å²) in [6.45, 7) is 0. The lowest BCUT2D eigenvalue weighted by Gasteiger charge is -2.15. The second-order valence-electron chi connectivity index (χ2n) is 1.52. The predicted molar refractivity (Wildman–Crippen MR) is 27.1 cm³/mol. The minimum absolute atomic E-state index is 0.342. The minimum atomic E-state index is -5.62. The number of ether oxygens (including phenoxy) is 1. The summed E-state index contributed by atoms with van der Waals surface area (Å²) in [7, 11) is 0. The van der Waals surface area contributed by atoms with Crippen LogP contribution in [0.15, 0.2) is 11.4 Å². The molecule has 0 heterocycles. The quantitative estimate of drug-likeness (QED) is 0.642. The maximum atomic E-state index is 11.8. The van der Waals surface area contributed by atoms with Crippen molar-refractivity contribution in [3.63, 3.8) is 0 Å². The van der Waals surface area contributed by atoms with Gasteiger partial charge in [-0.2, -0.15) is 8.78 Å². The number of alkyl halides is 5. The van der Waals surface area contributed by atoms with Gasteiger partial charge in [-0.3, -0.25) is 0 Å². The normalized spacial score (nSPS) is 15.1. The van der Waals surface area contributed by atoms with E-state index in [-0.39, 0.29) is 5.54 Å². The third-order valence-electron chi connectivity index (χ3n) is 0.618. The van der Waals surface area contributed by atoms with Crippen molar-refractivity contribution in [3.8, 4) is 0 Å². The Morgan fingerprint density at radius 2 is 1.58 bits per heavy atom. The molecule has 0 fully saturated rings. The molecule has 0 radical (unpaired) electrons. The molecule has 0 saturated heterocycles. The summed E-state index contributed by atoms with van der Waals surface area (Å²) in [5.41, 5.74) is -0.342. The van der Waals surface area contributed by atoms with Crippen LogP contribution < -0.4 is 0 Å². The van der Waals surface area contributed by atoms with E-state index in [1.165, 1.54) is 0 Å². The lowest BCUT2D eigenvalue weighted by molar-refractivity contribution is -0.416. The summed E-state index contributed by atoms with van der Waals surface area (Å²) >= 11 is 4.40. The fraction of sp³-hybridized carbons (Fsp3) is 0.500. The second-order valence-corrected chi connectivity index (χ2v) is 1.74. The number of hydrogen-bond donors (Lipinski definition) is 0. The zero-order valence-electron chi connectivity index (χ0n) is 5.13. The molecule has 8 heteroatoms. The van der Waals surface area contributed by atoms with Crippen LogP contribution in [0.4, 0.5) is 26.3 Å². The van der Waals surface area contributed by atoms with E-state index < -0.39 is 18.3 Å². The molecule has 0 atom stereocenters. The molecule has 72 valence electrons. The van der Waals surface area contributed by atoms with Crippen molar-refractivity contribution in [2.75, 3.05) is 0 Å². The highest BCUT2D eigenvalue weighted by atomic mass is 35.5. The minimum Gasteiger partial charge on any atom is -0.220 e. The van der Waals surface area contributed by atoms with Crippen molar-refractivity contribution < 1.29 is 31.1 Å². The van der Waals surface area contributed by atoms with Gasteiger partial charge in [0.05, 0.1) is 0 Å². The third-order valence-corrected chi connectivity index (χ3v) is 0.809. The summed E-state index contributed by atoms with van der Waals surface area (Å²) in [5.74, 6) is -2.51. The highest BCUT2D eigenvalue weighted by Gasteiger charge is 2.48. The van der Waals surface area contributed by atoms with Crippen molar-refractivity contribution in [1.29, 1.82) is 0 Å². The van der Waals surface area contributed by atoms with Gasteiger partial charge in [0.25, 0.3) is 0 Å². The molecule has 0 unspecified atom stereocenters. The smallest absolute Gasteiger partial charge is 0.220 e. The summed E-state index contributed by atoms with van der Waals surface area (Å²) < 4.78 is 70.9. The monoisotopic (exact) mass is 214 g/mol. The van der Waals surface area contributed by atoms with E-state index >= 15 is 0 Å². The molecule has 0 aromatic rings. The summed E-state index contributed by atoms with van der Waals surface area (Å²) in [6.07, 6.45) is -10.7. The fourth-order valence-corrected chi connectivity index (χ4v) is 0.385. The van der Waals surface area contributed by atoms with E-state index in [0.717, 1.165) is 0 Å². The molecule has 0 rings (SSSR count). The molecule has 0 spiro atoms. The maximum absolute atomic E-state index is 11.8. The van der Waals surface area contributed by atoms with Crippen molar-refractivity contribution >= 4 is 11.6 Å². The first-order valence-electron chi connectivity index (χ1n) is 2.30. The fourth-order valence-electron chi connectivity index (χ4n) is 0.258. The second kappa shape index (κ2) is 3.53. The van der Waals surface area contributed by atoms with Crippen molar-refractivity contribution in [1.82, 2.24) is 0 Å². The summed E-state index contributed by atoms with van der Waals surface area (Å²) in [4.78, 5) is 0. The Labute approximate surface area is 67.6 Å². The first-order valence-corrected chi connectivity index (χ1v) is 2.74. The van der Waals surface area contributed by atoms with Gasteiger partial charge in [-0.15, -0.1) is 13.2 Å². The van der Waals surface area contributed by atoms with Gasteiger partial charge in [0, 0.05) is 5.54 Å². The van der Waals surface area contributed by atoms with E-state index in [9.17, 15) is 26.3 Å². The van der Waals surface area contributed by atoms with Gasteiger partial charge in [-0.25, -0.2) is 9.13 Å². The Kier molecular flexibility index (Phi) is 3.40. The maximum Gasteiger partial charge on any atom is 0.527 e. The SMILES string of the molecule is FC(=CCl)C(F)(F)OC(F)(F)F. The average Bonchev–Trinajstić information content (AvgIpc) is 1.80. The molecule has 0 aliphatic heterocycles. The summed E-state index contributed by atoms with van der Waals surface area (Å²) in [6, 6.07) is 0. The van der Waals surface area contributed by atoms with Crippen molar-refractivity contribution in [2.45, 2.75) is 12.5 Å². The Bertz CT molecular complexity index is 184. The third kappa shape index (κ3) is 3.82. The molecule has 0 amide bonds. The van der Waals surface area contributed by atoms with E-state index in [1.54, 1.807) is 0 Å². The Hall–Kier alpha value is -0.430. The Morgan fingerprint density at radius 3 is 1.83 bits per heavy atom. The van der Waals surface area contributed by atoms with E-state index in [2.05, 4.69) is 16.3 Å². The Morgan fingerprint density at radius 1 is 1.17 bits per heavy atom. The molecule has 12 heavy (non-hydrogen) atoms. The van der Waals surface area contributed by atoms with E-state index in [4.69, 9.17) is 0 Å². The van der Waals surface area contributed by atoms with E-state index in [1.807, 2.05) is 0 Å². The molecular weight excluding hydrogens is 213 g/mol. The van der Waals surface area contributed by atoms with Crippen LogP contribution in [-0.2, 0) is 4.74 Å². The topological polar surface area (TPSA) is 9.23 Å².